The number of rotatable bonds is 5. The number of fused-ring (bicyclic) bond motifs is 1. The smallest absolute Gasteiger partial charge is 0.343 e. The van der Waals surface area contributed by atoms with Crippen molar-refractivity contribution in [3.05, 3.63) is 69.8 Å². The number of H-pyrrole nitrogens is 1. The van der Waals surface area contributed by atoms with Crippen LogP contribution in [0.1, 0.15) is 33.8 Å². The van der Waals surface area contributed by atoms with Crippen molar-refractivity contribution in [2.75, 3.05) is 14.2 Å². The highest BCUT2D eigenvalue weighted by molar-refractivity contribution is 5.93. The summed E-state index contributed by atoms with van der Waals surface area (Å²) in [6.45, 7) is 0. The van der Waals surface area contributed by atoms with Gasteiger partial charge in [-0.2, -0.15) is 0 Å². The van der Waals surface area contributed by atoms with E-state index >= 15 is 0 Å². The molecule has 0 aliphatic carbocycles. The summed E-state index contributed by atoms with van der Waals surface area (Å²) in [5, 5.41) is 11.4. The Balaban J connectivity index is 2.29. The van der Waals surface area contributed by atoms with Crippen LogP contribution >= 0.6 is 0 Å². The average molecular weight is 382 g/mol. The van der Waals surface area contributed by atoms with Crippen LogP contribution in [0.3, 0.4) is 0 Å². The van der Waals surface area contributed by atoms with Gasteiger partial charge in [0.25, 0.3) is 5.56 Å². The van der Waals surface area contributed by atoms with Gasteiger partial charge < -0.3 is 19.6 Å². The summed E-state index contributed by atoms with van der Waals surface area (Å²) in [6.07, 6.45) is 2.41. The maximum absolute atomic E-state index is 12.6. The molecule has 8 heteroatoms. The van der Waals surface area contributed by atoms with Crippen LogP contribution in [-0.4, -0.2) is 41.2 Å². The van der Waals surface area contributed by atoms with Gasteiger partial charge in [0, 0.05) is 23.7 Å². The Kier molecular flexibility index (Phi) is 5.39. The summed E-state index contributed by atoms with van der Waals surface area (Å²) in [5.74, 6) is -2.79. The highest BCUT2D eigenvalue weighted by Gasteiger charge is 2.29. The number of nitrogens with one attached hydrogen (secondary N) is 1. The van der Waals surface area contributed by atoms with Crippen LogP contribution in [0.25, 0.3) is 10.9 Å². The molecule has 0 aliphatic heterocycles. The minimum absolute atomic E-state index is 0.121. The fraction of sp³-hybridized carbons (Fsp3) is 0.200. The van der Waals surface area contributed by atoms with Crippen molar-refractivity contribution in [3.63, 3.8) is 0 Å². The Labute approximate surface area is 159 Å². The van der Waals surface area contributed by atoms with E-state index in [4.69, 9.17) is 4.74 Å². The number of methoxy groups -OCH3 is 2. The number of ether oxygens (including phenoxy) is 2. The molecule has 144 valence electrons. The summed E-state index contributed by atoms with van der Waals surface area (Å²) in [7, 11) is 2.40. The minimum atomic E-state index is -0.867. The first-order chi connectivity index (χ1) is 13.5. The molecule has 3 aromatic rings. The van der Waals surface area contributed by atoms with Crippen LogP contribution in [0.15, 0.2) is 47.5 Å². The van der Waals surface area contributed by atoms with E-state index in [0.29, 0.717) is 16.5 Å². The second-order valence-corrected chi connectivity index (χ2v) is 6.04. The molecule has 2 heterocycles. The van der Waals surface area contributed by atoms with Crippen molar-refractivity contribution in [2.45, 2.75) is 12.3 Å². The van der Waals surface area contributed by atoms with E-state index in [1.165, 1.54) is 7.11 Å². The third kappa shape index (κ3) is 3.44. The number of carbonyl (C=O) groups is 2. The second kappa shape index (κ2) is 7.91. The van der Waals surface area contributed by atoms with Crippen molar-refractivity contribution < 1.29 is 24.2 Å². The van der Waals surface area contributed by atoms with Gasteiger partial charge in [0.2, 0.25) is 0 Å². The molecule has 0 unspecified atom stereocenters. The fourth-order valence-electron chi connectivity index (χ4n) is 3.16. The largest absolute Gasteiger partial charge is 0.506 e. The number of hydrogen-bond donors (Lipinski definition) is 2. The van der Waals surface area contributed by atoms with Crippen LogP contribution < -0.4 is 5.56 Å². The molecule has 3 rings (SSSR count). The molecular weight excluding hydrogens is 364 g/mol. The lowest BCUT2D eigenvalue weighted by molar-refractivity contribution is -0.140. The number of carbonyl (C=O) groups excluding carboxylic acids is 2. The van der Waals surface area contributed by atoms with Gasteiger partial charge in [-0.3, -0.25) is 14.6 Å². The lowest BCUT2D eigenvalue weighted by Crippen LogP contribution is -2.22. The summed E-state index contributed by atoms with van der Waals surface area (Å²) in [4.78, 5) is 43.3. The molecule has 2 aromatic heterocycles. The number of aromatic hydroxyl groups is 1. The molecule has 1 atom stereocenters. The number of pyridine rings is 2. The zero-order valence-corrected chi connectivity index (χ0v) is 15.3. The SMILES string of the molecule is COC(=O)C[C@@H](c1c(O)c(C(=O)OC)c[nH]c1=O)c1ccnc2ccccc12. The molecule has 0 saturated heterocycles. The first-order valence-electron chi connectivity index (χ1n) is 8.41. The number of benzene rings is 1. The molecule has 2 N–H and O–H groups in total. The molecule has 0 fully saturated rings. The monoisotopic (exact) mass is 382 g/mol. The summed E-state index contributed by atoms with van der Waals surface area (Å²) >= 11 is 0. The molecule has 28 heavy (non-hydrogen) atoms. The molecule has 0 aliphatic rings. The lowest BCUT2D eigenvalue weighted by atomic mass is 9.86. The molecule has 8 nitrogen and oxygen atoms in total. The molecule has 0 saturated carbocycles. The number of para-hydroxylation sites is 1. The molecule has 0 spiro atoms. The molecule has 0 radical (unpaired) electrons. The van der Waals surface area contributed by atoms with Gasteiger partial charge in [-0.15, -0.1) is 0 Å². The molecule has 0 bridgehead atoms. The standard InChI is InChI=1S/C20H18N2O6/c1-27-16(23)9-13(11-7-8-21-15-6-4-3-5-12(11)15)17-18(24)14(20(26)28-2)10-22-19(17)25/h3-8,10,13H,9H2,1-2H3,(H2,22,24,25)/t13-/m1/s1. The van der Waals surface area contributed by atoms with Crippen molar-refractivity contribution in [2.24, 2.45) is 0 Å². The van der Waals surface area contributed by atoms with E-state index < -0.39 is 29.2 Å². The Morgan fingerprint density at radius 3 is 2.64 bits per heavy atom. The van der Waals surface area contributed by atoms with E-state index in [1.54, 1.807) is 30.5 Å². The van der Waals surface area contributed by atoms with E-state index in [0.717, 1.165) is 13.3 Å². The quantitative estimate of drug-likeness (QED) is 0.649. The Morgan fingerprint density at radius 1 is 1.18 bits per heavy atom. The third-order valence-corrected chi connectivity index (χ3v) is 4.51. The molecule has 1 aromatic carbocycles. The van der Waals surface area contributed by atoms with E-state index in [1.807, 2.05) is 6.07 Å². The summed E-state index contributed by atoms with van der Waals surface area (Å²) in [5.41, 5.74) is 0.309. The number of nitrogens with zero attached hydrogens (tertiary/aromatic N) is 1. The average Bonchev–Trinajstić information content (AvgIpc) is 2.72. The van der Waals surface area contributed by atoms with Gasteiger partial charge >= 0.3 is 11.9 Å². The zero-order chi connectivity index (χ0) is 20.3. The number of hydrogen-bond acceptors (Lipinski definition) is 7. The van der Waals surface area contributed by atoms with Gasteiger partial charge in [0.05, 0.1) is 31.7 Å². The number of aromatic nitrogens is 2. The van der Waals surface area contributed by atoms with Crippen LogP contribution in [0, 0.1) is 0 Å². The predicted molar refractivity (Wildman–Crippen MR) is 100 cm³/mol. The minimum Gasteiger partial charge on any atom is -0.506 e. The highest BCUT2D eigenvalue weighted by Crippen LogP contribution is 2.36. The van der Waals surface area contributed by atoms with E-state index in [2.05, 4.69) is 14.7 Å². The Bertz CT molecular complexity index is 1100. The van der Waals surface area contributed by atoms with E-state index in [9.17, 15) is 19.5 Å². The topological polar surface area (TPSA) is 119 Å². The first kappa shape index (κ1) is 19.1. The van der Waals surface area contributed by atoms with Crippen LogP contribution in [0.5, 0.6) is 5.75 Å². The summed E-state index contributed by atoms with van der Waals surface area (Å²) < 4.78 is 9.42. The van der Waals surface area contributed by atoms with Gasteiger partial charge in [0.15, 0.2) is 0 Å². The summed E-state index contributed by atoms with van der Waals surface area (Å²) in [6, 6.07) is 8.88. The number of esters is 2. The van der Waals surface area contributed by atoms with Crippen molar-refractivity contribution in [1.82, 2.24) is 9.97 Å². The molecule has 0 amide bonds. The van der Waals surface area contributed by atoms with Gasteiger partial charge in [0.1, 0.15) is 11.3 Å². The fourth-order valence-corrected chi connectivity index (χ4v) is 3.16. The third-order valence-electron chi connectivity index (χ3n) is 4.51. The van der Waals surface area contributed by atoms with Crippen molar-refractivity contribution >= 4 is 22.8 Å². The Morgan fingerprint density at radius 2 is 1.93 bits per heavy atom. The van der Waals surface area contributed by atoms with Gasteiger partial charge in [-0.1, -0.05) is 18.2 Å². The van der Waals surface area contributed by atoms with Crippen LogP contribution in [0.4, 0.5) is 0 Å². The van der Waals surface area contributed by atoms with E-state index in [-0.39, 0.29) is 17.5 Å². The maximum atomic E-state index is 12.6. The Hall–Kier alpha value is -3.68. The number of aromatic amines is 1. The van der Waals surface area contributed by atoms with Crippen LogP contribution in [-0.2, 0) is 14.3 Å². The molecular formula is C20H18N2O6. The van der Waals surface area contributed by atoms with Crippen LogP contribution in [0.2, 0.25) is 0 Å². The zero-order valence-electron chi connectivity index (χ0n) is 15.3. The van der Waals surface area contributed by atoms with Gasteiger partial charge in [-0.25, -0.2) is 4.79 Å². The lowest BCUT2D eigenvalue weighted by Gasteiger charge is -2.19. The normalized spacial score (nSPS) is 11.8. The van der Waals surface area contributed by atoms with Gasteiger partial charge in [-0.05, 0) is 17.7 Å². The second-order valence-electron chi connectivity index (χ2n) is 6.04. The van der Waals surface area contributed by atoms with Crippen molar-refractivity contribution in [1.29, 1.82) is 0 Å². The maximum Gasteiger partial charge on any atom is 0.343 e. The highest BCUT2D eigenvalue weighted by atomic mass is 16.5. The van der Waals surface area contributed by atoms with Crippen molar-refractivity contribution in [3.8, 4) is 5.75 Å². The first-order valence-corrected chi connectivity index (χ1v) is 8.41. The predicted octanol–water partition coefficient (Wildman–Crippen LogP) is 2.11.